The highest BCUT2D eigenvalue weighted by Gasteiger charge is 2.12. The van der Waals surface area contributed by atoms with Gasteiger partial charge in [-0.15, -0.1) is 11.3 Å². The van der Waals surface area contributed by atoms with Gasteiger partial charge in [-0.05, 0) is 37.1 Å². The van der Waals surface area contributed by atoms with Crippen LogP contribution in [0.1, 0.15) is 27.0 Å². The third-order valence-electron chi connectivity index (χ3n) is 3.59. The Morgan fingerprint density at radius 1 is 1.20 bits per heavy atom. The average Bonchev–Trinajstić information content (AvgIpc) is 3.05. The molecule has 102 valence electrons. The van der Waals surface area contributed by atoms with E-state index in [1.54, 1.807) is 11.3 Å². The van der Waals surface area contributed by atoms with Crippen molar-refractivity contribution in [2.75, 3.05) is 0 Å². The number of aryl methyl sites for hydroxylation is 2. The van der Waals surface area contributed by atoms with E-state index in [0.29, 0.717) is 6.54 Å². The molecule has 2 heterocycles. The van der Waals surface area contributed by atoms with E-state index in [4.69, 9.17) is 0 Å². The fourth-order valence-corrected chi connectivity index (χ4v) is 3.39. The smallest absolute Gasteiger partial charge is 0.192 e. The number of carbonyl (C=O) groups is 1. The van der Waals surface area contributed by atoms with Crippen LogP contribution in [0, 0.1) is 6.92 Å². The molecule has 0 saturated carbocycles. The molecule has 2 aromatic heterocycles. The lowest BCUT2D eigenvalue weighted by atomic mass is 10.2. The summed E-state index contributed by atoms with van der Waals surface area (Å²) in [4.78, 5) is 14.5. The van der Waals surface area contributed by atoms with Crippen molar-refractivity contribution in [1.29, 1.82) is 0 Å². The quantitative estimate of drug-likeness (QED) is 0.648. The summed E-state index contributed by atoms with van der Waals surface area (Å²) in [5.41, 5.74) is 2.35. The molecular formula is C17H17NOS. The molecule has 3 aromatic rings. The fraction of sp³-hybridized carbons (Fsp3) is 0.235. The number of Topliss-reactive ketones (excluding diaryl/α,β-unsaturated/α-hetero) is 1. The van der Waals surface area contributed by atoms with Gasteiger partial charge in [-0.1, -0.05) is 25.1 Å². The predicted octanol–water partition coefficient (Wildman–Crippen LogP) is 4.46. The molecule has 3 heteroatoms. The fourth-order valence-electron chi connectivity index (χ4n) is 2.51. The maximum absolute atomic E-state index is 12.4. The molecule has 0 saturated heterocycles. The van der Waals surface area contributed by atoms with E-state index in [9.17, 15) is 4.79 Å². The molecule has 0 amide bonds. The van der Waals surface area contributed by atoms with Gasteiger partial charge in [0.1, 0.15) is 0 Å². The van der Waals surface area contributed by atoms with Crippen LogP contribution in [0.2, 0.25) is 0 Å². The number of ketones is 1. The largest absolute Gasteiger partial charge is 0.339 e. The minimum Gasteiger partial charge on any atom is -0.339 e. The van der Waals surface area contributed by atoms with Gasteiger partial charge < -0.3 is 4.57 Å². The number of hydrogen-bond acceptors (Lipinski definition) is 2. The number of carbonyl (C=O) groups excluding carboxylic acids is 1. The van der Waals surface area contributed by atoms with Crippen LogP contribution < -0.4 is 0 Å². The van der Waals surface area contributed by atoms with E-state index < -0.39 is 0 Å². The molecule has 0 aliphatic carbocycles. The minimum absolute atomic E-state index is 0.190. The van der Waals surface area contributed by atoms with Crippen LogP contribution in [0.15, 0.2) is 42.6 Å². The number of benzene rings is 1. The van der Waals surface area contributed by atoms with Crippen molar-refractivity contribution >= 4 is 28.0 Å². The van der Waals surface area contributed by atoms with Gasteiger partial charge in [0.15, 0.2) is 5.78 Å². The van der Waals surface area contributed by atoms with Crippen LogP contribution in [0.25, 0.3) is 10.9 Å². The van der Waals surface area contributed by atoms with Gasteiger partial charge in [0.2, 0.25) is 0 Å². The van der Waals surface area contributed by atoms with E-state index >= 15 is 0 Å². The van der Waals surface area contributed by atoms with Gasteiger partial charge in [0, 0.05) is 22.0 Å². The Labute approximate surface area is 122 Å². The first-order valence-electron chi connectivity index (χ1n) is 6.85. The van der Waals surface area contributed by atoms with Crippen molar-refractivity contribution in [2.24, 2.45) is 0 Å². The molecule has 1 aromatic carbocycles. The lowest BCUT2D eigenvalue weighted by Gasteiger charge is -2.03. The summed E-state index contributed by atoms with van der Waals surface area (Å²) in [5.74, 6) is 0.190. The summed E-state index contributed by atoms with van der Waals surface area (Å²) in [5, 5.41) is 1.22. The molecule has 3 rings (SSSR count). The lowest BCUT2D eigenvalue weighted by Crippen LogP contribution is -2.07. The highest BCUT2D eigenvalue weighted by molar-refractivity contribution is 7.14. The highest BCUT2D eigenvalue weighted by atomic mass is 32.1. The molecule has 0 fully saturated rings. The Morgan fingerprint density at radius 3 is 2.75 bits per heavy atom. The Balaban J connectivity index is 1.91. The molecule has 0 atom stereocenters. The summed E-state index contributed by atoms with van der Waals surface area (Å²) < 4.78 is 2.05. The Bertz CT molecular complexity index is 766. The van der Waals surface area contributed by atoms with Gasteiger partial charge >= 0.3 is 0 Å². The minimum atomic E-state index is 0.190. The first-order valence-corrected chi connectivity index (χ1v) is 7.67. The van der Waals surface area contributed by atoms with Crippen LogP contribution in [0.4, 0.5) is 0 Å². The number of rotatable bonds is 4. The van der Waals surface area contributed by atoms with Crippen molar-refractivity contribution in [2.45, 2.75) is 26.8 Å². The maximum Gasteiger partial charge on any atom is 0.192 e. The van der Waals surface area contributed by atoms with Gasteiger partial charge in [0.05, 0.1) is 11.4 Å². The second-order valence-electron chi connectivity index (χ2n) is 5.00. The first-order chi connectivity index (χ1) is 9.69. The van der Waals surface area contributed by atoms with Crippen molar-refractivity contribution in [1.82, 2.24) is 4.57 Å². The molecule has 0 aliphatic heterocycles. The molecule has 0 bridgehead atoms. The number of hydrogen-bond donors (Lipinski definition) is 0. The highest BCUT2D eigenvalue weighted by Crippen LogP contribution is 2.22. The number of aromatic nitrogens is 1. The monoisotopic (exact) mass is 283 g/mol. The van der Waals surface area contributed by atoms with Crippen molar-refractivity contribution < 1.29 is 4.79 Å². The maximum atomic E-state index is 12.4. The molecule has 0 radical (unpaired) electrons. The number of nitrogens with zero attached hydrogens (tertiary/aromatic N) is 1. The Kier molecular flexibility index (Phi) is 3.45. The third kappa shape index (κ3) is 2.29. The molecule has 0 N–H and O–H groups in total. The van der Waals surface area contributed by atoms with Crippen LogP contribution in [-0.2, 0) is 13.0 Å². The van der Waals surface area contributed by atoms with Gasteiger partial charge in [-0.3, -0.25) is 4.79 Å². The second kappa shape index (κ2) is 5.25. The van der Waals surface area contributed by atoms with Gasteiger partial charge in [-0.25, -0.2) is 0 Å². The number of thiophene rings is 1. The molecular weight excluding hydrogens is 266 g/mol. The zero-order valence-electron chi connectivity index (χ0n) is 11.7. The van der Waals surface area contributed by atoms with E-state index in [0.717, 1.165) is 16.8 Å². The van der Waals surface area contributed by atoms with E-state index in [-0.39, 0.29) is 5.78 Å². The summed E-state index contributed by atoms with van der Waals surface area (Å²) in [6.45, 7) is 4.62. The van der Waals surface area contributed by atoms with E-state index in [1.165, 1.54) is 15.8 Å². The molecule has 0 unspecified atom stereocenters. The van der Waals surface area contributed by atoms with Crippen LogP contribution >= 0.6 is 11.3 Å². The topological polar surface area (TPSA) is 22.0 Å². The lowest BCUT2D eigenvalue weighted by molar-refractivity contribution is 0.0977. The molecule has 0 aliphatic rings. The van der Waals surface area contributed by atoms with E-state index in [2.05, 4.69) is 42.8 Å². The van der Waals surface area contributed by atoms with Gasteiger partial charge in [-0.2, -0.15) is 0 Å². The summed E-state index contributed by atoms with van der Waals surface area (Å²) >= 11 is 1.61. The van der Waals surface area contributed by atoms with Crippen LogP contribution in [0.3, 0.4) is 0 Å². The number of fused-ring (bicyclic) bond motifs is 1. The normalized spacial score (nSPS) is 11.1. The third-order valence-corrected chi connectivity index (χ3v) is 4.86. The zero-order chi connectivity index (χ0) is 14.1. The Morgan fingerprint density at radius 2 is 2.00 bits per heavy atom. The number of para-hydroxylation sites is 1. The van der Waals surface area contributed by atoms with Crippen LogP contribution in [0.5, 0.6) is 0 Å². The standard InChI is InChI=1S/C17H17NOS/c1-3-13-8-9-17(20-13)16(19)11-18-10-12(2)14-6-4-5-7-15(14)18/h4-10H,3,11H2,1-2H3. The van der Waals surface area contributed by atoms with Crippen molar-refractivity contribution in [3.63, 3.8) is 0 Å². The zero-order valence-corrected chi connectivity index (χ0v) is 12.5. The van der Waals surface area contributed by atoms with E-state index in [1.807, 2.05) is 18.2 Å². The van der Waals surface area contributed by atoms with Crippen molar-refractivity contribution in [3.8, 4) is 0 Å². The predicted molar refractivity (Wildman–Crippen MR) is 84.7 cm³/mol. The first kappa shape index (κ1) is 13.1. The van der Waals surface area contributed by atoms with Gasteiger partial charge in [0.25, 0.3) is 0 Å². The second-order valence-corrected chi connectivity index (χ2v) is 6.17. The average molecular weight is 283 g/mol. The summed E-state index contributed by atoms with van der Waals surface area (Å²) in [6.07, 6.45) is 3.06. The van der Waals surface area contributed by atoms with Crippen molar-refractivity contribution in [3.05, 3.63) is 57.9 Å². The molecule has 2 nitrogen and oxygen atoms in total. The molecule has 0 spiro atoms. The van der Waals surface area contributed by atoms with Crippen LogP contribution in [-0.4, -0.2) is 10.4 Å². The summed E-state index contributed by atoms with van der Waals surface area (Å²) in [7, 11) is 0. The SMILES string of the molecule is CCc1ccc(C(=O)Cn2cc(C)c3ccccc32)s1. The Hall–Kier alpha value is -1.87. The molecule has 20 heavy (non-hydrogen) atoms. The summed E-state index contributed by atoms with van der Waals surface area (Å²) in [6, 6.07) is 12.2.